The first kappa shape index (κ1) is 19.2. The zero-order valence-corrected chi connectivity index (χ0v) is 16.6. The molecule has 0 bridgehead atoms. The van der Waals surface area contributed by atoms with Crippen molar-refractivity contribution in [3.63, 3.8) is 0 Å². The van der Waals surface area contributed by atoms with Crippen LogP contribution in [-0.4, -0.2) is 12.0 Å². The first-order valence-electron chi connectivity index (χ1n) is 9.10. The topological polar surface area (TPSA) is 49.4 Å². The van der Waals surface area contributed by atoms with Crippen molar-refractivity contribution in [3.8, 4) is 0 Å². The summed E-state index contributed by atoms with van der Waals surface area (Å²) in [7, 11) is 0. The zero-order valence-electron chi connectivity index (χ0n) is 16.6. The van der Waals surface area contributed by atoms with Crippen molar-refractivity contribution in [2.45, 2.75) is 27.7 Å². The Morgan fingerprint density at radius 2 is 0.821 bits per heavy atom. The number of hydrogen-bond acceptors (Lipinski definition) is 4. The third-order valence-corrected chi connectivity index (χ3v) is 4.43. The van der Waals surface area contributed by atoms with Gasteiger partial charge in [-0.1, -0.05) is 48.5 Å². The van der Waals surface area contributed by atoms with E-state index in [-0.39, 0.29) is 0 Å². The molecule has 3 rings (SSSR count). The van der Waals surface area contributed by atoms with Crippen LogP contribution in [0.2, 0.25) is 0 Å². The van der Waals surface area contributed by atoms with Gasteiger partial charge in [0.1, 0.15) is 23.4 Å². The summed E-state index contributed by atoms with van der Waals surface area (Å²) in [6.45, 7) is 8.09. The molecule has 3 aromatic rings. The fraction of sp³-hybridized carbons (Fsp3) is 0.167. The Bertz CT molecular complexity index is 998. The molecule has 28 heavy (non-hydrogen) atoms. The van der Waals surface area contributed by atoms with E-state index in [1.807, 2.05) is 88.4 Å². The molecule has 0 spiro atoms. The highest BCUT2D eigenvalue weighted by atomic mass is 14.9. The highest BCUT2D eigenvalue weighted by Gasteiger charge is 2.00. The van der Waals surface area contributed by atoms with Crippen molar-refractivity contribution in [3.05, 3.63) is 82.9 Å². The average Bonchev–Trinajstić information content (AvgIpc) is 2.67. The van der Waals surface area contributed by atoms with Crippen LogP contribution in [0, 0.1) is 27.7 Å². The van der Waals surface area contributed by atoms with E-state index in [9.17, 15) is 0 Å². The first-order valence-corrected chi connectivity index (χ1v) is 9.10. The van der Waals surface area contributed by atoms with Gasteiger partial charge in [0.25, 0.3) is 0 Å². The number of benzene rings is 3. The largest absolute Gasteiger partial charge is 0.187 e. The third kappa shape index (κ3) is 4.57. The lowest BCUT2D eigenvalue weighted by Crippen LogP contribution is -1.78. The Morgan fingerprint density at radius 1 is 0.464 bits per heavy atom. The maximum Gasteiger partial charge on any atom is 0.101 e. The predicted molar refractivity (Wildman–Crippen MR) is 117 cm³/mol. The molecule has 4 nitrogen and oxygen atoms in total. The molecule has 0 unspecified atom stereocenters. The zero-order chi connectivity index (χ0) is 19.9. The summed E-state index contributed by atoms with van der Waals surface area (Å²) in [6, 6.07) is 25.3. The maximum absolute atomic E-state index is 4.39. The summed E-state index contributed by atoms with van der Waals surface area (Å²) in [4.78, 5) is 17.5. The molecule has 0 heterocycles. The molecule has 0 atom stereocenters. The van der Waals surface area contributed by atoms with Crippen LogP contribution in [0.25, 0.3) is 0 Å². The molecule has 3 aromatic carbocycles. The van der Waals surface area contributed by atoms with Gasteiger partial charge in [0.15, 0.2) is 0 Å². The number of para-hydroxylation sites is 4. The molecule has 0 fully saturated rings. The SMILES string of the molecule is Cc1cccc(C)c1N=C=Nc1ccccc1N=C=Nc1c(C)cccc1C. The van der Waals surface area contributed by atoms with Gasteiger partial charge < -0.3 is 0 Å². The molecular weight excluding hydrogens is 344 g/mol. The summed E-state index contributed by atoms with van der Waals surface area (Å²) in [5.74, 6) is 0. The summed E-state index contributed by atoms with van der Waals surface area (Å²) < 4.78 is 0. The fourth-order valence-corrected chi connectivity index (χ4v) is 2.88. The van der Waals surface area contributed by atoms with Crippen LogP contribution < -0.4 is 0 Å². The van der Waals surface area contributed by atoms with E-state index >= 15 is 0 Å². The van der Waals surface area contributed by atoms with E-state index < -0.39 is 0 Å². The van der Waals surface area contributed by atoms with Gasteiger partial charge in [0.05, 0.1) is 11.4 Å². The number of aryl methyl sites for hydroxylation is 4. The smallest absolute Gasteiger partial charge is 0.101 e. The van der Waals surface area contributed by atoms with E-state index in [1.165, 1.54) is 0 Å². The fourth-order valence-electron chi connectivity index (χ4n) is 2.88. The molecule has 0 amide bonds. The Morgan fingerprint density at radius 3 is 1.18 bits per heavy atom. The van der Waals surface area contributed by atoms with Crippen LogP contribution in [0.3, 0.4) is 0 Å². The first-order chi connectivity index (χ1) is 13.6. The highest BCUT2D eigenvalue weighted by molar-refractivity contribution is 5.71. The van der Waals surface area contributed by atoms with Gasteiger partial charge in [0, 0.05) is 0 Å². The Labute approximate surface area is 165 Å². The molecule has 0 radical (unpaired) electrons. The van der Waals surface area contributed by atoms with Crippen LogP contribution in [-0.2, 0) is 0 Å². The van der Waals surface area contributed by atoms with Crippen molar-refractivity contribution in [2.75, 3.05) is 0 Å². The predicted octanol–water partition coefficient (Wildman–Crippen LogP) is 7.19. The summed E-state index contributed by atoms with van der Waals surface area (Å²) in [6.07, 6.45) is 0. The van der Waals surface area contributed by atoms with E-state index in [0.29, 0.717) is 11.4 Å². The van der Waals surface area contributed by atoms with Gasteiger partial charge >= 0.3 is 0 Å². The summed E-state index contributed by atoms with van der Waals surface area (Å²) in [5.41, 5.74) is 7.49. The minimum Gasteiger partial charge on any atom is -0.187 e. The van der Waals surface area contributed by atoms with E-state index in [0.717, 1.165) is 33.6 Å². The van der Waals surface area contributed by atoms with Gasteiger partial charge in [-0.25, -0.2) is 0 Å². The Balaban J connectivity index is 1.92. The third-order valence-electron chi connectivity index (χ3n) is 4.43. The maximum atomic E-state index is 4.39. The number of rotatable bonds is 4. The average molecular weight is 366 g/mol. The monoisotopic (exact) mass is 366 g/mol. The Hall–Kier alpha value is -3.58. The van der Waals surface area contributed by atoms with Crippen molar-refractivity contribution in [1.29, 1.82) is 0 Å². The second-order valence-corrected chi connectivity index (χ2v) is 6.62. The van der Waals surface area contributed by atoms with Crippen molar-refractivity contribution in [2.24, 2.45) is 20.0 Å². The van der Waals surface area contributed by atoms with Crippen LogP contribution in [0.4, 0.5) is 22.7 Å². The standard InChI is InChI=1S/C24H22N4/c1-17-9-7-10-18(2)23(17)27-15-25-21-13-5-6-14-22(21)26-16-28-24-19(3)11-8-12-20(24)4/h5-14H,1-4H3. The lowest BCUT2D eigenvalue weighted by Gasteiger charge is -2.01. The van der Waals surface area contributed by atoms with Crippen molar-refractivity contribution in [1.82, 2.24) is 0 Å². The van der Waals surface area contributed by atoms with E-state index in [2.05, 4.69) is 32.0 Å². The molecule has 138 valence electrons. The molecule has 0 aliphatic carbocycles. The quantitative estimate of drug-likeness (QED) is 0.439. The molecule has 0 aromatic heterocycles. The molecule has 0 aliphatic heterocycles. The van der Waals surface area contributed by atoms with Crippen LogP contribution in [0.15, 0.2) is 80.6 Å². The second kappa shape index (κ2) is 8.88. The van der Waals surface area contributed by atoms with Crippen molar-refractivity contribution >= 4 is 34.8 Å². The van der Waals surface area contributed by atoms with E-state index in [1.54, 1.807) is 0 Å². The minimum atomic E-state index is 0.668. The Kier molecular flexibility index (Phi) is 6.08. The number of aliphatic imine (C=N–C) groups is 4. The summed E-state index contributed by atoms with van der Waals surface area (Å²) in [5, 5.41) is 0. The molecule has 0 N–H and O–H groups in total. The van der Waals surface area contributed by atoms with Gasteiger partial charge in [-0.2, -0.15) is 20.0 Å². The van der Waals surface area contributed by atoms with E-state index in [4.69, 9.17) is 0 Å². The lowest BCUT2D eigenvalue weighted by molar-refractivity contribution is 1.33. The van der Waals surface area contributed by atoms with Gasteiger partial charge in [-0.15, -0.1) is 0 Å². The van der Waals surface area contributed by atoms with Crippen LogP contribution in [0.1, 0.15) is 22.3 Å². The highest BCUT2D eigenvalue weighted by Crippen LogP contribution is 2.27. The molecular formula is C24H22N4. The normalized spacial score (nSPS) is 9.86. The van der Waals surface area contributed by atoms with Gasteiger partial charge in [-0.05, 0) is 62.1 Å². The summed E-state index contributed by atoms with van der Waals surface area (Å²) >= 11 is 0. The molecule has 0 saturated carbocycles. The molecule has 0 saturated heterocycles. The van der Waals surface area contributed by atoms with Crippen LogP contribution in [0.5, 0.6) is 0 Å². The number of nitrogens with zero attached hydrogens (tertiary/aromatic N) is 4. The van der Waals surface area contributed by atoms with Gasteiger partial charge in [-0.3, -0.25) is 0 Å². The lowest BCUT2D eigenvalue weighted by atomic mass is 10.1. The van der Waals surface area contributed by atoms with Gasteiger partial charge in [0.2, 0.25) is 0 Å². The minimum absolute atomic E-state index is 0.668. The molecule has 4 heteroatoms. The molecule has 0 aliphatic rings. The second-order valence-electron chi connectivity index (χ2n) is 6.62. The number of hydrogen-bond donors (Lipinski definition) is 0. The van der Waals surface area contributed by atoms with Crippen molar-refractivity contribution < 1.29 is 0 Å². The van der Waals surface area contributed by atoms with Crippen LogP contribution >= 0.6 is 0 Å².